The van der Waals surface area contributed by atoms with Gasteiger partial charge in [-0.25, -0.2) is 0 Å². The second-order valence-electron chi connectivity index (χ2n) is 5.82. The molecule has 5 nitrogen and oxygen atoms in total. The predicted octanol–water partition coefficient (Wildman–Crippen LogP) is 2.55. The smallest absolute Gasteiger partial charge is 0.225 e. The van der Waals surface area contributed by atoms with Crippen LogP contribution in [0.5, 0.6) is 0 Å². The summed E-state index contributed by atoms with van der Waals surface area (Å²) in [4.78, 5) is 26.5. The van der Waals surface area contributed by atoms with E-state index in [1.165, 1.54) is 0 Å². The van der Waals surface area contributed by atoms with Gasteiger partial charge in [-0.15, -0.1) is 12.4 Å². The first-order chi connectivity index (χ1) is 11.0. The maximum atomic E-state index is 12.5. The van der Waals surface area contributed by atoms with Crippen LogP contribution in [0.25, 0.3) is 0 Å². The third-order valence-electron chi connectivity index (χ3n) is 4.35. The van der Waals surface area contributed by atoms with Gasteiger partial charge in [0.2, 0.25) is 5.91 Å². The minimum absolute atomic E-state index is 0. The van der Waals surface area contributed by atoms with Crippen LogP contribution in [0.15, 0.2) is 24.3 Å². The number of halogens is 2. The number of amides is 1. The molecule has 1 fully saturated rings. The standard InChI is InChI=1S/C17H23ClN2O3.ClH/c1-23-15(11-19)10-16(21)20-8-6-13(7-9-20)17(22)12-2-4-14(18)5-3-12;/h2-5,13,15H,6-11,19H2,1H3;1H. The van der Waals surface area contributed by atoms with E-state index in [0.717, 1.165) is 0 Å². The van der Waals surface area contributed by atoms with Crippen molar-refractivity contribution in [2.45, 2.75) is 25.4 Å². The molecule has 2 N–H and O–H groups in total. The van der Waals surface area contributed by atoms with Crippen molar-refractivity contribution >= 4 is 35.7 Å². The lowest BCUT2D eigenvalue weighted by molar-refractivity contribution is -0.134. The van der Waals surface area contributed by atoms with Crippen LogP contribution in [-0.2, 0) is 9.53 Å². The summed E-state index contributed by atoms with van der Waals surface area (Å²) in [6.07, 6.45) is 1.43. The summed E-state index contributed by atoms with van der Waals surface area (Å²) in [6, 6.07) is 6.97. The normalized spacial score (nSPS) is 16.4. The van der Waals surface area contributed by atoms with Crippen LogP contribution in [0.1, 0.15) is 29.6 Å². The summed E-state index contributed by atoms with van der Waals surface area (Å²) in [6.45, 7) is 1.53. The summed E-state index contributed by atoms with van der Waals surface area (Å²) in [7, 11) is 1.56. The molecule has 2 rings (SSSR count). The SMILES string of the molecule is COC(CN)CC(=O)N1CCC(C(=O)c2ccc(Cl)cc2)CC1.Cl. The van der Waals surface area contributed by atoms with Crippen LogP contribution < -0.4 is 5.73 Å². The Bertz CT molecular complexity index is 539. The number of ether oxygens (including phenoxy) is 1. The molecule has 1 aromatic carbocycles. The molecule has 0 spiro atoms. The van der Waals surface area contributed by atoms with Gasteiger partial charge in [-0.3, -0.25) is 9.59 Å². The predicted molar refractivity (Wildman–Crippen MR) is 96.8 cm³/mol. The molecule has 1 amide bonds. The zero-order valence-corrected chi connectivity index (χ0v) is 15.3. The number of Topliss-reactive ketones (excluding diaryl/α,β-unsaturated/α-hetero) is 1. The van der Waals surface area contributed by atoms with Gasteiger partial charge >= 0.3 is 0 Å². The number of rotatable bonds is 6. The number of carbonyl (C=O) groups is 2. The number of piperidine rings is 1. The number of hydrogen-bond donors (Lipinski definition) is 1. The Labute approximate surface area is 153 Å². The van der Waals surface area contributed by atoms with Gasteiger partial charge in [-0.2, -0.15) is 0 Å². The number of methoxy groups -OCH3 is 1. The van der Waals surface area contributed by atoms with Crippen LogP contribution in [-0.4, -0.2) is 49.4 Å². The van der Waals surface area contributed by atoms with Gasteiger partial charge in [-0.1, -0.05) is 11.6 Å². The molecule has 1 aliphatic heterocycles. The number of hydrogen-bond acceptors (Lipinski definition) is 4. The highest BCUT2D eigenvalue weighted by Gasteiger charge is 2.28. The van der Waals surface area contributed by atoms with E-state index in [-0.39, 0.29) is 36.1 Å². The molecule has 0 bridgehead atoms. The second-order valence-corrected chi connectivity index (χ2v) is 6.26. The van der Waals surface area contributed by atoms with E-state index in [2.05, 4.69) is 0 Å². The summed E-state index contributed by atoms with van der Waals surface area (Å²) in [5.74, 6) is 0.137. The molecule has 24 heavy (non-hydrogen) atoms. The number of nitrogens with zero attached hydrogens (tertiary/aromatic N) is 1. The van der Waals surface area contributed by atoms with E-state index < -0.39 is 0 Å². The number of benzene rings is 1. The molecule has 0 saturated carbocycles. The zero-order chi connectivity index (χ0) is 16.8. The van der Waals surface area contributed by atoms with Gasteiger partial charge in [0.1, 0.15) is 0 Å². The van der Waals surface area contributed by atoms with Crippen LogP contribution in [0.2, 0.25) is 5.02 Å². The van der Waals surface area contributed by atoms with Gasteiger partial charge in [0, 0.05) is 43.2 Å². The van der Waals surface area contributed by atoms with E-state index in [9.17, 15) is 9.59 Å². The second kappa shape index (κ2) is 9.99. The molecule has 1 saturated heterocycles. The van der Waals surface area contributed by atoms with Crippen molar-refractivity contribution in [3.63, 3.8) is 0 Å². The van der Waals surface area contributed by atoms with E-state index in [4.69, 9.17) is 22.1 Å². The van der Waals surface area contributed by atoms with Gasteiger partial charge in [0.05, 0.1) is 12.5 Å². The molecule has 1 atom stereocenters. The summed E-state index contributed by atoms with van der Waals surface area (Å²) in [5, 5.41) is 0.620. The number of likely N-dealkylation sites (tertiary alicyclic amines) is 1. The Morgan fingerprint density at radius 1 is 1.29 bits per heavy atom. The first kappa shape index (κ1) is 20.9. The average molecular weight is 375 g/mol. The summed E-state index contributed by atoms with van der Waals surface area (Å²) >= 11 is 5.85. The molecule has 134 valence electrons. The molecule has 1 unspecified atom stereocenters. The monoisotopic (exact) mass is 374 g/mol. The third kappa shape index (κ3) is 5.45. The Kier molecular flexibility index (Phi) is 8.70. The minimum atomic E-state index is -0.240. The van der Waals surface area contributed by atoms with Gasteiger partial charge in [-0.05, 0) is 37.1 Å². The van der Waals surface area contributed by atoms with E-state index in [0.29, 0.717) is 49.5 Å². The van der Waals surface area contributed by atoms with Crippen molar-refractivity contribution < 1.29 is 14.3 Å². The molecule has 1 aliphatic rings. The Balaban J connectivity index is 0.00000288. The number of carbonyl (C=O) groups excluding carboxylic acids is 2. The minimum Gasteiger partial charge on any atom is -0.380 e. The molecule has 1 aromatic rings. The third-order valence-corrected chi connectivity index (χ3v) is 4.60. The Morgan fingerprint density at radius 2 is 1.88 bits per heavy atom. The molecule has 0 radical (unpaired) electrons. The maximum Gasteiger partial charge on any atom is 0.225 e. The van der Waals surface area contributed by atoms with Gasteiger partial charge in [0.25, 0.3) is 0 Å². The van der Waals surface area contributed by atoms with Crippen LogP contribution in [0.3, 0.4) is 0 Å². The molecule has 0 aromatic heterocycles. The first-order valence-electron chi connectivity index (χ1n) is 7.85. The first-order valence-corrected chi connectivity index (χ1v) is 8.23. The summed E-state index contributed by atoms with van der Waals surface area (Å²) < 4.78 is 5.15. The lowest BCUT2D eigenvalue weighted by atomic mass is 9.89. The van der Waals surface area contributed by atoms with Gasteiger partial charge in [0.15, 0.2) is 5.78 Å². The number of nitrogens with two attached hydrogens (primary N) is 1. The average Bonchev–Trinajstić information content (AvgIpc) is 2.59. The van der Waals surface area contributed by atoms with Crippen molar-refractivity contribution in [2.24, 2.45) is 11.7 Å². The fraction of sp³-hybridized carbons (Fsp3) is 0.529. The Morgan fingerprint density at radius 3 is 2.38 bits per heavy atom. The number of ketones is 1. The molecular weight excluding hydrogens is 351 g/mol. The van der Waals surface area contributed by atoms with E-state index in [1.54, 1.807) is 36.3 Å². The fourth-order valence-corrected chi connectivity index (χ4v) is 2.95. The largest absolute Gasteiger partial charge is 0.380 e. The molecule has 0 aliphatic carbocycles. The van der Waals surface area contributed by atoms with Crippen molar-refractivity contribution in [3.05, 3.63) is 34.9 Å². The van der Waals surface area contributed by atoms with Crippen LogP contribution >= 0.6 is 24.0 Å². The van der Waals surface area contributed by atoms with Crippen LogP contribution in [0.4, 0.5) is 0 Å². The van der Waals surface area contributed by atoms with Crippen molar-refractivity contribution in [1.29, 1.82) is 0 Å². The lowest BCUT2D eigenvalue weighted by Crippen LogP contribution is -2.42. The molecular formula is C17H24Cl2N2O3. The Hall–Kier alpha value is -1.14. The fourth-order valence-electron chi connectivity index (χ4n) is 2.83. The maximum absolute atomic E-state index is 12.5. The summed E-state index contributed by atoms with van der Waals surface area (Å²) in [5.41, 5.74) is 6.23. The van der Waals surface area contributed by atoms with Gasteiger partial charge < -0.3 is 15.4 Å². The van der Waals surface area contributed by atoms with Crippen molar-refractivity contribution in [1.82, 2.24) is 4.90 Å². The van der Waals surface area contributed by atoms with E-state index >= 15 is 0 Å². The highest BCUT2D eigenvalue weighted by Crippen LogP contribution is 2.23. The highest BCUT2D eigenvalue weighted by molar-refractivity contribution is 6.30. The quantitative estimate of drug-likeness (QED) is 0.776. The lowest BCUT2D eigenvalue weighted by Gasteiger charge is -2.32. The van der Waals surface area contributed by atoms with Crippen LogP contribution in [0, 0.1) is 5.92 Å². The zero-order valence-electron chi connectivity index (χ0n) is 13.7. The molecule has 1 heterocycles. The van der Waals surface area contributed by atoms with Crippen molar-refractivity contribution in [2.75, 3.05) is 26.7 Å². The topological polar surface area (TPSA) is 72.6 Å². The highest BCUT2D eigenvalue weighted by atomic mass is 35.5. The van der Waals surface area contributed by atoms with E-state index in [1.807, 2.05) is 0 Å². The molecule has 7 heteroatoms. The van der Waals surface area contributed by atoms with Crippen molar-refractivity contribution in [3.8, 4) is 0 Å².